The van der Waals surface area contributed by atoms with E-state index >= 15 is 0 Å². The second-order valence-corrected chi connectivity index (χ2v) is 6.55. The van der Waals surface area contributed by atoms with Gasteiger partial charge in [-0.05, 0) is 45.9 Å². The van der Waals surface area contributed by atoms with E-state index < -0.39 is 0 Å². The molecule has 0 saturated heterocycles. The van der Waals surface area contributed by atoms with Crippen molar-refractivity contribution in [3.05, 3.63) is 31.7 Å². The first kappa shape index (κ1) is 10.4. The molecule has 0 aliphatic heterocycles. The van der Waals surface area contributed by atoms with Crippen LogP contribution in [0.5, 0.6) is 0 Å². The Bertz CT molecular complexity index is 445. The normalized spacial score (nSPS) is 10.8. The molecule has 74 valence electrons. The average molecular weight is 288 g/mol. The van der Waals surface area contributed by atoms with E-state index in [1.807, 2.05) is 0 Å². The summed E-state index contributed by atoms with van der Waals surface area (Å²) >= 11 is 7.01. The van der Waals surface area contributed by atoms with Crippen molar-refractivity contribution in [1.29, 1.82) is 0 Å². The first-order chi connectivity index (χ1) is 6.72. The number of hydrogen-bond acceptors (Lipinski definition) is 3. The standard InChI is InChI=1S/C10H10BrNS2/c1-6-10(7(4-12)5-13-6)8-2-3-9(11)14-8/h2-3,5H,4,12H2,1H3. The molecule has 0 fully saturated rings. The molecule has 0 bridgehead atoms. The van der Waals surface area contributed by atoms with E-state index in [-0.39, 0.29) is 0 Å². The fourth-order valence-corrected chi connectivity index (χ4v) is 3.91. The van der Waals surface area contributed by atoms with Crippen LogP contribution in [0, 0.1) is 6.92 Å². The molecule has 2 rings (SSSR count). The van der Waals surface area contributed by atoms with Crippen molar-refractivity contribution in [2.75, 3.05) is 0 Å². The van der Waals surface area contributed by atoms with Gasteiger partial charge in [0.25, 0.3) is 0 Å². The monoisotopic (exact) mass is 287 g/mol. The highest BCUT2D eigenvalue weighted by molar-refractivity contribution is 9.11. The van der Waals surface area contributed by atoms with Crippen LogP contribution in [-0.2, 0) is 6.54 Å². The Morgan fingerprint density at radius 3 is 2.79 bits per heavy atom. The van der Waals surface area contributed by atoms with Gasteiger partial charge in [0.2, 0.25) is 0 Å². The second kappa shape index (κ2) is 4.14. The molecule has 2 N–H and O–H groups in total. The highest BCUT2D eigenvalue weighted by atomic mass is 79.9. The third kappa shape index (κ3) is 1.80. The van der Waals surface area contributed by atoms with E-state index in [2.05, 4.69) is 40.4 Å². The van der Waals surface area contributed by atoms with Crippen molar-refractivity contribution in [2.45, 2.75) is 13.5 Å². The van der Waals surface area contributed by atoms with E-state index in [9.17, 15) is 0 Å². The lowest BCUT2D eigenvalue weighted by molar-refractivity contribution is 1.08. The summed E-state index contributed by atoms with van der Waals surface area (Å²) in [5.41, 5.74) is 8.29. The number of nitrogens with two attached hydrogens (primary N) is 1. The van der Waals surface area contributed by atoms with Gasteiger partial charge in [-0.25, -0.2) is 0 Å². The van der Waals surface area contributed by atoms with Gasteiger partial charge in [-0.3, -0.25) is 0 Å². The topological polar surface area (TPSA) is 26.0 Å². The largest absolute Gasteiger partial charge is 0.326 e. The predicted octanol–water partition coefficient (Wildman–Crippen LogP) is 4.01. The quantitative estimate of drug-likeness (QED) is 0.888. The van der Waals surface area contributed by atoms with Crippen LogP contribution >= 0.6 is 38.6 Å². The summed E-state index contributed by atoms with van der Waals surface area (Å²) in [7, 11) is 0. The molecule has 2 heterocycles. The van der Waals surface area contributed by atoms with E-state index in [1.54, 1.807) is 22.7 Å². The lowest BCUT2D eigenvalue weighted by atomic mass is 10.1. The molecule has 4 heteroatoms. The molecule has 0 unspecified atom stereocenters. The fourth-order valence-electron chi connectivity index (χ4n) is 1.43. The Morgan fingerprint density at radius 1 is 1.43 bits per heavy atom. The van der Waals surface area contributed by atoms with Crippen LogP contribution in [0.1, 0.15) is 10.4 Å². The molecule has 2 aromatic rings. The highest BCUT2D eigenvalue weighted by Gasteiger charge is 2.11. The molecular formula is C10H10BrNS2. The fraction of sp³-hybridized carbons (Fsp3) is 0.200. The molecule has 1 nitrogen and oxygen atoms in total. The third-order valence-corrected chi connectivity index (χ3v) is 4.69. The Balaban J connectivity index is 2.54. The zero-order valence-corrected chi connectivity index (χ0v) is 10.9. The first-order valence-electron chi connectivity index (χ1n) is 4.25. The average Bonchev–Trinajstić information content (AvgIpc) is 2.71. The van der Waals surface area contributed by atoms with Gasteiger partial charge in [0.1, 0.15) is 0 Å². The van der Waals surface area contributed by atoms with Gasteiger partial charge in [-0.2, -0.15) is 0 Å². The summed E-state index contributed by atoms with van der Waals surface area (Å²) in [5.74, 6) is 0. The summed E-state index contributed by atoms with van der Waals surface area (Å²) in [6.45, 7) is 2.77. The molecule has 2 aromatic heterocycles. The highest BCUT2D eigenvalue weighted by Crippen LogP contribution is 2.37. The van der Waals surface area contributed by atoms with Crippen molar-refractivity contribution in [3.8, 4) is 10.4 Å². The second-order valence-electron chi connectivity index (χ2n) is 3.00. The van der Waals surface area contributed by atoms with Crippen LogP contribution in [0.25, 0.3) is 10.4 Å². The third-order valence-electron chi connectivity index (χ3n) is 2.09. The summed E-state index contributed by atoms with van der Waals surface area (Å²) < 4.78 is 1.17. The summed E-state index contributed by atoms with van der Waals surface area (Å²) in [6.07, 6.45) is 0. The van der Waals surface area contributed by atoms with E-state index in [1.165, 1.54) is 24.7 Å². The summed E-state index contributed by atoms with van der Waals surface area (Å²) in [6, 6.07) is 4.22. The first-order valence-corrected chi connectivity index (χ1v) is 6.74. The Kier molecular flexibility index (Phi) is 3.07. The van der Waals surface area contributed by atoms with Crippen LogP contribution in [0.4, 0.5) is 0 Å². The van der Waals surface area contributed by atoms with Gasteiger partial charge < -0.3 is 5.73 Å². The minimum absolute atomic E-state index is 0.620. The lowest BCUT2D eigenvalue weighted by Crippen LogP contribution is -1.95. The molecule has 0 aliphatic rings. The number of halogens is 1. The number of aryl methyl sites for hydroxylation is 1. The van der Waals surface area contributed by atoms with Crippen molar-refractivity contribution < 1.29 is 0 Å². The summed E-state index contributed by atoms with van der Waals surface area (Å²) in [5, 5.41) is 2.15. The van der Waals surface area contributed by atoms with E-state index in [0.717, 1.165) is 0 Å². The Hall–Kier alpha value is -0.160. The van der Waals surface area contributed by atoms with Crippen LogP contribution in [-0.4, -0.2) is 0 Å². The molecule has 0 radical (unpaired) electrons. The van der Waals surface area contributed by atoms with Gasteiger partial charge in [-0.1, -0.05) is 0 Å². The zero-order chi connectivity index (χ0) is 10.1. The molecule has 0 saturated carbocycles. The number of rotatable bonds is 2. The minimum atomic E-state index is 0.620. The van der Waals surface area contributed by atoms with Crippen LogP contribution in [0.15, 0.2) is 21.3 Å². The van der Waals surface area contributed by atoms with Gasteiger partial charge in [-0.15, -0.1) is 22.7 Å². The maximum Gasteiger partial charge on any atom is 0.0705 e. The van der Waals surface area contributed by atoms with Crippen LogP contribution < -0.4 is 5.73 Å². The lowest BCUT2D eigenvalue weighted by Gasteiger charge is -1.99. The van der Waals surface area contributed by atoms with Gasteiger partial charge in [0.05, 0.1) is 3.79 Å². The minimum Gasteiger partial charge on any atom is -0.326 e. The number of thiophene rings is 2. The van der Waals surface area contributed by atoms with Crippen LogP contribution in [0.3, 0.4) is 0 Å². The molecule has 0 atom stereocenters. The molecule has 14 heavy (non-hydrogen) atoms. The molecule has 0 amide bonds. The summed E-state index contributed by atoms with van der Waals surface area (Å²) in [4.78, 5) is 2.65. The van der Waals surface area contributed by atoms with Crippen LogP contribution in [0.2, 0.25) is 0 Å². The molecule has 0 aromatic carbocycles. The van der Waals surface area contributed by atoms with Gasteiger partial charge in [0.15, 0.2) is 0 Å². The van der Waals surface area contributed by atoms with Gasteiger partial charge >= 0.3 is 0 Å². The van der Waals surface area contributed by atoms with Crippen molar-refractivity contribution in [1.82, 2.24) is 0 Å². The van der Waals surface area contributed by atoms with Gasteiger partial charge in [0, 0.05) is 21.9 Å². The molecular weight excluding hydrogens is 278 g/mol. The van der Waals surface area contributed by atoms with E-state index in [0.29, 0.717) is 6.54 Å². The zero-order valence-electron chi connectivity index (χ0n) is 7.71. The predicted molar refractivity (Wildman–Crippen MR) is 68.0 cm³/mol. The smallest absolute Gasteiger partial charge is 0.0705 e. The SMILES string of the molecule is Cc1scc(CN)c1-c1ccc(Br)s1. The van der Waals surface area contributed by atoms with Crippen molar-refractivity contribution in [2.24, 2.45) is 5.73 Å². The van der Waals surface area contributed by atoms with Crippen molar-refractivity contribution in [3.63, 3.8) is 0 Å². The van der Waals surface area contributed by atoms with E-state index in [4.69, 9.17) is 5.73 Å². The molecule has 0 aliphatic carbocycles. The Morgan fingerprint density at radius 2 is 2.21 bits per heavy atom. The Labute approximate surface area is 99.7 Å². The maximum absolute atomic E-state index is 5.71. The van der Waals surface area contributed by atoms with Crippen molar-refractivity contribution >= 4 is 38.6 Å². The maximum atomic E-state index is 5.71. The number of hydrogen-bond donors (Lipinski definition) is 1. The molecule has 0 spiro atoms.